The van der Waals surface area contributed by atoms with Crippen molar-refractivity contribution in [2.45, 2.75) is 30.7 Å². The van der Waals surface area contributed by atoms with Gasteiger partial charge >= 0.3 is 0 Å². The van der Waals surface area contributed by atoms with Crippen LogP contribution in [0, 0.1) is 6.92 Å². The molecule has 0 aromatic heterocycles. The number of halogens is 1. The van der Waals surface area contributed by atoms with Crippen molar-refractivity contribution >= 4 is 21.6 Å². The highest BCUT2D eigenvalue weighted by atomic mass is 35.5. The summed E-state index contributed by atoms with van der Waals surface area (Å²) >= 11 is 6.06. The van der Waals surface area contributed by atoms with Crippen molar-refractivity contribution in [3.05, 3.63) is 28.8 Å². The van der Waals surface area contributed by atoms with Gasteiger partial charge in [0.25, 0.3) is 0 Å². The van der Waals surface area contributed by atoms with Crippen LogP contribution in [0.3, 0.4) is 0 Å². The van der Waals surface area contributed by atoms with Gasteiger partial charge in [0.15, 0.2) is 0 Å². The number of nitrogens with zero attached hydrogens (tertiary/aromatic N) is 1. The van der Waals surface area contributed by atoms with Gasteiger partial charge in [0.2, 0.25) is 10.0 Å². The summed E-state index contributed by atoms with van der Waals surface area (Å²) in [5.41, 5.74) is 6.19. The Labute approximate surface area is 131 Å². The third-order valence-electron chi connectivity index (χ3n) is 3.75. The van der Waals surface area contributed by atoms with Gasteiger partial charge in [-0.05, 0) is 37.5 Å². The molecule has 7 heteroatoms. The molecular weight excluding hydrogens is 312 g/mol. The van der Waals surface area contributed by atoms with Gasteiger partial charge < -0.3 is 10.5 Å². The first kappa shape index (κ1) is 16.7. The van der Waals surface area contributed by atoms with Gasteiger partial charge in [0, 0.05) is 37.4 Å². The quantitative estimate of drug-likeness (QED) is 0.892. The molecule has 1 saturated heterocycles. The monoisotopic (exact) mass is 332 g/mol. The molecule has 2 N–H and O–H groups in total. The summed E-state index contributed by atoms with van der Waals surface area (Å²) in [5, 5.41) is 0.454. The van der Waals surface area contributed by atoms with Crippen LogP contribution in [0.5, 0.6) is 0 Å². The summed E-state index contributed by atoms with van der Waals surface area (Å²) in [6.07, 6.45) is 1.39. The number of hydrogen-bond donors (Lipinski definition) is 1. The van der Waals surface area contributed by atoms with Gasteiger partial charge in [-0.1, -0.05) is 17.7 Å². The Morgan fingerprint density at radius 1 is 1.38 bits per heavy atom. The average Bonchev–Trinajstić information content (AvgIpc) is 2.48. The molecule has 0 amide bonds. The van der Waals surface area contributed by atoms with Crippen molar-refractivity contribution in [2.24, 2.45) is 5.73 Å². The maximum atomic E-state index is 13.0. The maximum absolute atomic E-state index is 13.0. The Kier molecular flexibility index (Phi) is 5.62. The molecule has 1 aliphatic heterocycles. The van der Waals surface area contributed by atoms with E-state index in [0.29, 0.717) is 43.2 Å². The van der Waals surface area contributed by atoms with Crippen molar-refractivity contribution < 1.29 is 13.2 Å². The molecule has 1 aliphatic rings. The topological polar surface area (TPSA) is 72.6 Å². The van der Waals surface area contributed by atoms with E-state index in [-0.39, 0.29) is 17.5 Å². The van der Waals surface area contributed by atoms with E-state index in [9.17, 15) is 8.42 Å². The Bertz CT molecular complexity index is 586. The van der Waals surface area contributed by atoms with E-state index in [1.807, 2.05) is 0 Å². The fourth-order valence-corrected chi connectivity index (χ4v) is 4.77. The summed E-state index contributed by atoms with van der Waals surface area (Å²) in [6, 6.07) is 4.88. The van der Waals surface area contributed by atoms with E-state index >= 15 is 0 Å². The lowest BCUT2D eigenvalue weighted by Crippen LogP contribution is -2.45. The smallest absolute Gasteiger partial charge is 0.243 e. The van der Waals surface area contributed by atoms with Crippen LogP contribution in [0.4, 0.5) is 0 Å². The van der Waals surface area contributed by atoms with Crippen LogP contribution in [0.15, 0.2) is 23.1 Å². The highest BCUT2D eigenvalue weighted by Gasteiger charge is 2.33. The molecule has 5 nitrogen and oxygen atoms in total. The lowest BCUT2D eigenvalue weighted by molar-refractivity contribution is 0.0590. The van der Waals surface area contributed by atoms with Crippen LogP contribution >= 0.6 is 11.6 Å². The fraction of sp³-hybridized carbons (Fsp3) is 0.571. The maximum Gasteiger partial charge on any atom is 0.243 e. The summed E-state index contributed by atoms with van der Waals surface area (Å²) in [7, 11) is -3.60. The number of rotatable bonds is 5. The van der Waals surface area contributed by atoms with Gasteiger partial charge in [-0.3, -0.25) is 0 Å². The number of benzene rings is 1. The highest BCUT2D eigenvalue weighted by Crippen LogP contribution is 2.28. The summed E-state index contributed by atoms with van der Waals surface area (Å²) in [5.74, 6) is 0. The lowest BCUT2D eigenvalue weighted by Gasteiger charge is -2.33. The first-order chi connectivity index (χ1) is 9.98. The molecule has 1 aromatic rings. The van der Waals surface area contributed by atoms with Crippen molar-refractivity contribution in [3.63, 3.8) is 0 Å². The van der Waals surface area contributed by atoms with Crippen molar-refractivity contribution in [1.82, 2.24) is 4.31 Å². The molecule has 0 saturated carbocycles. The second-order valence-corrected chi connectivity index (χ2v) is 7.38. The van der Waals surface area contributed by atoms with Gasteiger partial charge in [-0.25, -0.2) is 8.42 Å². The van der Waals surface area contributed by atoms with Crippen LogP contribution in [0.1, 0.15) is 18.4 Å². The summed E-state index contributed by atoms with van der Waals surface area (Å²) in [6.45, 7) is 3.47. The molecule has 0 unspecified atom stereocenters. The first-order valence-corrected chi connectivity index (χ1v) is 8.85. The molecule has 0 atom stereocenters. The fourth-order valence-electron chi connectivity index (χ4n) is 2.59. The zero-order valence-corrected chi connectivity index (χ0v) is 13.7. The molecule has 0 spiro atoms. The normalized spacial score (nSPS) is 17.3. The van der Waals surface area contributed by atoms with Crippen molar-refractivity contribution in [1.29, 1.82) is 0 Å². The van der Waals surface area contributed by atoms with E-state index in [2.05, 4.69) is 0 Å². The molecule has 1 fully saturated rings. The minimum absolute atomic E-state index is 0.0642. The zero-order valence-electron chi connectivity index (χ0n) is 12.1. The molecule has 0 aliphatic carbocycles. The molecular formula is C14H21ClN2O3S. The highest BCUT2D eigenvalue weighted by molar-refractivity contribution is 7.89. The Hall–Kier alpha value is -0.660. The van der Waals surface area contributed by atoms with Crippen LogP contribution in [-0.2, 0) is 14.8 Å². The molecule has 118 valence electrons. The Morgan fingerprint density at radius 3 is 2.67 bits per heavy atom. The molecule has 0 bridgehead atoms. The van der Waals surface area contributed by atoms with E-state index in [1.54, 1.807) is 25.1 Å². The predicted octanol–water partition coefficient (Wildman–Crippen LogP) is 1.78. The van der Waals surface area contributed by atoms with Gasteiger partial charge in [-0.2, -0.15) is 4.31 Å². The number of hydrogen-bond acceptors (Lipinski definition) is 4. The number of sulfonamides is 1. The van der Waals surface area contributed by atoms with Gasteiger partial charge in [0.1, 0.15) is 0 Å². The standard InChI is InChI=1S/C14H21ClN2O3S/c1-11-13(15)3-2-4-14(11)21(18,19)17(8-7-16)12-5-9-20-10-6-12/h2-4,12H,5-10,16H2,1H3. The number of ether oxygens (including phenoxy) is 1. The SMILES string of the molecule is Cc1c(Cl)cccc1S(=O)(=O)N(CCN)C1CCOCC1. The van der Waals surface area contributed by atoms with Crippen LogP contribution < -0.4 is 5.73 Å². The van der Waals surface area contributed by atoms with Crippen LogP contribution in [0.25, 0.3) is 0 Å². The minimum Gasteiger partial charge on any atom is -0.381 e. The predicted molar refractivity (Wildman–Crippen MR) is 83.0 cm³/mol. The Morgan fingerprint density at radius 2 is 2.05 bits per heavy atom. The lowest BCUT2D eigenvalue weighted by atomic mass is 10.1. The van der Waals surface area contributed by atoms with E-state index in [1.165, 1.54) is 4.31 Å². The third-order valence-corrected chi connectivity index (χ3v) is 6.26. The second kappa shape index (κ2) is 7.07. The number of nitrogens with two attached hydrogens (primary N) is 1. The largest absolute Gasteiger partial charge is 0.381 e. The zero-order chi connectivity index (χ0) is 15.5. The van der Waals surface area contributed by atoms with Gasteiger partial charge in [-0.15, -0.1) is 0 Å². The Balaban J connectivity index is 2.39. The van der Waals surface area contributed by atoms with Crippen molar-refractivity contribution in [3.8, 4) is 0 Å². The summed E-state index contributed by atoms with van der Waals surface area (Å²) in [4.78, 5) is 0.259. The molecule has 1 heterocycles. The third kappa shape index (κ3) is 3.57. The first-order valence-electron chi connectivity index (χ1n) is 7.03. The van der Waals surface area contributed by atoms with E-state index < -0.39 is 10.0 Å². The van der Waals surface area contributed by atoms with Crippen LogP contribution in [-0.4, -0.2) is 45.1 Å². The molecule has 0 radical (unpaired) electrons. The molecule has 21 heavy (non-hydrogen) atoms. The van der Waals surface area contributed by atoms with Crippen molar-refractivity contribution in [2.75, 3.05) is 26.3 Å². The van der Waals surface area contributed by atoms with E-state index in [0.717, 1.165) is 0 Å². The molecule has 2 rings (SSSR count). The second-order valence-electron chi connectivity index (χ2n) is 5.11. The molecule has 1 aromatic carbocycles. The summed E-state index contributed by atoms with van der Waals surface area (Å²) < 4.78 is 32.8. The van der Waals surface area contributed by atoms with Gasteiger partial charge in [0.05, 0.1) is 4.90 Å². The van der Waals surface area contributed by atoms with E-state index in [4.69, 9.17) is 22.1 Å². The average molecular weight is 333 g/mol. The minimum atomic E-state index is -3.60. The van der Waals surface area contributed by atoms with Crippen LogP contribution in [0.2, 0.25) is 5.02 Å².